The molecule has 2 N–H and O–H groups in total. The molecule has 0 spiro atoms. The number of aromatic amines is 2. The number of carbonyl (C=O) groups excluding carboxylic acids is 1. The Labute approximate surface area is 212 Å². The molecule has 0 aromatic carbocycles. The Kier molecular flexibility index (Phi) is 4.41. The minimum atomic E-state index is -0.686. The summed E-state index contributed by atoms with van der Waals surface area (Å²) in [6.07, 6.45) is 8.06. The second-order valence-electron chi connectivity index (χ2n) is 9.90. The van der Waals surface area contributed by atoms with Crippen molar-refractivity contribution in [3.63, 3.8) is 0 Å². The molecule has 9 nitrogen and oxygen atoms in total. The molecular weight excluding hydrogens is 491 g/mol. The summed E-state index contributed by atoms with van der Waals surface area (Å²) < 4.78 is 18.6. The Morgan fingerprint density at radius 1 is 1.00 bits per heavy atom. The molecule has 8 bridgehead atoms. The third-order valence-electron chi connectivity index (χ3n) is 6.34. The van der Waals surface area contributed by atoms with Gasteiger partial charge in [-0.3, -0.25) is 34.5 Å². The molecule has 182 valence electrons. The number of fused-ring (bicyclic) bond motifs is 9. The maximum Gasteiger partial charge on any atom is 0.237 e. The highest BCUT2D eigenvalue weighted by Gasteiger charge is 2.25. The summed E-state index contributed by atoms with van der Waals surface area (Å²) in [7, 11) is 0. The molecule has 0 radical (unpaired) electrons. The van der Waals surface area contributed by atoms with Gasteiger partial charge in [0.1, 0.15) is 27.1 Å². The SMILES string of the molecule is CC(C)(C)C(=O)n1c2cncc(c2)c2ncc3[nH][nH]c(c4nc5cncc(c6ccc1s6)c5n4)-c3c2F. The number of H-pyrrole nitrogens is 2. The minimum Gasteiger partial charge on any atom is -0.298 e. The van der Waals surface area contributed by atoms with E-state index in [0.29, 0.717) is 43.6 Å². The van der Waals surface area contributed by atoms with Crippen LogP contribution in [-0.2, 0) is 0 Å². The zero-order valence-electron chi connectivity index (χ0n) is 20.0. The van der Waals surface area contributed by atoms with Crippen LogP contribution >= 0.6 is 11.3 Å². The van der Waals surface area contributed by atoms with Gasteiger partial charge in [0.15, 0.2) is 11.5 Å². The van der Waals surface area contributed by atoms with E-state index in [1.54, 1.807) is 41.6 Å². The molecule has 0 amide bonds. The molecule has 37 heavy (non-hydrogen) atoms. The monoisotopic (exact) mass is 510 g/mol. The van der Waals surface area contributed by atoms with Crippen LogP contribution in [0.5, 0.6) is 0 Å². The molecule has 0 aliphatic carbocycles. The lowest BCUT2D eigenvalue weighted by atomic mass is 9.95. The van der Waals surface area contributed by atoms with Gasteiger partial charge in [0.2, 0.25) is 5.91 Å². The van der Waals surface area contributed by atoms with Crippen molar-refractivity contribution in [2.45, 2.75) is 20.8 Å². The van der Waals surface area contributed by atoms with E-state index in [4.69, 9.17) is 4.98 Å². The largest absolute Gasteiger partial charge is 0.298 e. The Hall–Kier alpha value is -4.51. The van der Waals surface area contributed by atoms with Crippen molar-refractivity contribution in [3.8, 4) is 11.3 Å². The second kappa shape index (κ2) is 7.50. The number of nitrogens with one attached hydrogen (secondary N) is 2. The van der Waals surface area contributed by atoms with E-state index in [0.717, 1.165) is 10.1 Å². The molecule has 5 aromatic heterocycles. The van der Waals surface area contributed by atoms with Crippen LogP contribution in [0.15, 0.2) is 49.2 Å². The molecule has 0 atom stereocenters. The van der Waals surface area contributed by atoms with Crippen LogP contribution in [0.2, 0.25) is 0 Å². The van der Waals surface area contributed by atoms with Crippen molar-refractivity contribution in [2.24, 2.45) is 5.41 Å². The van der Waals surface area contributed by atoms with Gasteiger partial charge in [-0.15, -0.1) is 11.3 Å². The lowest BCUT2D eigenvalue weighted by Gasteiger charge is -2.19. The third-order valence-corrected chi connectivity index (χ3v) is 7.44. The summed E-state index contributed by atoms with van der Waals surface area (Å²) in [4.78, 5) is 36.9. The molecule has 5 aromatic rings. The van der Waals surface area contributed by atoms with Gasteiger partial charge in [-0.05, 0) is 18.2 Å². The van der Waals surface area contributed by atoms with E-state index < -0.39 is 11.2 Å². The maximum absolute atomic E-state index is 16.1. The van der Waals surface area contributed by atoms with Gasteiger partial charge in [-0.25, -0.2) is 14.4 Å². The van der Waals surface area contributed by atoms with E-state index in [9.17, 15) is 4.79 Å². The Balaban J connectivity index is 1.76. The number of carbonyl (C=O) groups is 1. The topological polar surface area (TPSA) is 118 Å². The normalized spacial score (nSPS) is 12.4. The van der Waals surface area contributed by atoms with Crippen molar-refractivity contribution < 1.29 is 9.18 Å². The fourth-order valence-corrected chi connectivity index (χ4v) is 5.56. The van der Waals surface area contributed by atoms with E-state index >= 15 is 4.39 Å². The van der Waals surface area contributed by atoms with Crippen molar-refractivity contribution >= 4 is 70.8 Å². The van der Waals surface area contributed by atoms with Crippen molar-refractivity contribution in [3.05, 3.63) is 55.0 Å². The predicted molar refractivity (Wildman–Crippen MR) is 142 cm³/mol. The molecule has 2 aliphatic rings. The molecule has 7 rings (SSSR count). The smallest absolute Gasteiger partial charge is 0.237 e. The number of hydrogen-bond acceptors (Lipinski definition) is 7. The standard InChI is InChI=1S/C26H19FN8OS/c1-26(2,3)25(36)35-13-6-12(7-28-8-13)21-20(27)19-15(11-30-21)33-34-23(19)24-31-16-10-29-9-14(22(16)32-24)17-4-5-18(35)37-17/h4-11,33-34H,1-3H3. The van der Waals surface area contributed by atoms with Crippen LogP contribution in [0.4, 0.5) is 4.39 Å². The van der Waals surface area contributed by atoms with Crippen LogP contribution < -0.4 is 0 Å². The number of nitrogens with zero attached hydrogens (tertiary/aromatic N) is 6. The lowest BCUT2D eigenvalue weighted by molar-refractivity contribution is 0.0778. The minimum absolute atomic E-state index is 0.111. The molecule has 11 heteroatoms. The number of aromatic nitrogens is 8. The first kappa shape index (κ1) is 21.7. The highest BCUT2D eigenvalue weighted by atomic mass is 32.1. The number of pyridine rings is 3. The number of imidazole rings is 1. The van der Waals surface area contributed by atoms with Crippen LogP contribution in [0.25, 0.3) is 64.8 Å². The van der Waals surface area contributed by atoms with E-state index in [2.05, 4.69) is 30.1 Å². The van der Waals surface area contributed by atoms with Crippen molar-refractivity contribution in [2.75, 3.05) is 0 Å². The third kappa shape index (κ3) is 3.20. The number of thiophene rings is 1. The fourth-order valence-electron chi connectivity index (χ4n) is 4.52. The highest BCUT2D eigenvalue weighted by Crippen LogP contribution is 2.34. The van der Waals surface area contributed by atoms with Gasteiger partial charge in [0.05, 0.1) is 35.2 Å². The van der Waals surface area contributed by atoms with Gasteiger partial charge in [0.25, 0.3) is 0 Å². The van der Waals surface area contributed by atoms with Gasteiger partial charge in [-0.1, -0.05) is 20.8 Å². The van der Waals surface area contributed by atoms with Gasteiger partial charge in [-0.2, -0.15) is 0 Å². The van der Waals surface area contributed by atoms with Crippen LogP contribution in [0, 0.1) is 11.2 Å². The predicted octanol–water partition coefficient (Wildman–Crippen LogP) is 6.00. The Morgan fingerprint density at radius 2 is 1.84 bits per heavy atom. The molecule has 0 fully saturated rings. The van der Waals surface area contributed by atoms with Crippen LogP contribution in [-0.4, -0.2) is 45.6 Å². The molecule has 7 heterocycles. The van der Waals surface area contributed by atoms with Gasteiger partial charge in [0, 0.05) is 33.3 Å². The summed E-state index contributed by atoms with van der Waals surface area (Å²) in [6.45, 7) is 5.59. The maximum atomic E-state index is 16.1. The quantitative estimate of drug-likeness (QED) is 0.258. The summed E-state index contributed by atoms with van der Waals surface area (Å²) >= 11 is 1.44. The highest BCUT2D eigenvalue weighted by molar-refractivity contribution is 7.24. The summed E-state index contributed by atoms with van der Waals surface area (Å²) in [5.74, 6) is -0.667. The average Bonchev–Trinajstić information content (AvgIpc) is 3.61. The molecule has 0 saturated carbocycles. The lowest BCUT2D eigenvalue weighted by Crippen LogP contribution is -2.26. The zero-order chi connectivity index (χ0) is 25.5. The average molecular weight is 511 g/mol. The second-order valence-corrected chi connectivity index (χ2v) is 11.0. The number of hydrogen-bond donors (Lipinski definition) is 2. The molecule has 2 aliphatic heterocycles. The number of rotatable bonds is 0. The summed E-state index contributed by atoms with van der Waals surface area (Å²) in [6, 6.07) is 5.57. The van der Waals surface area contributed by atoms with Crippen molar-refractivity contribution in [1.29, 1.82) is 0 Å². The van der Waals surface area contributed by atoms with E-state index in [-0.39, 0.29) is 17.0 Å². The first-order valence-electron chi connectivity index (χ1n) is 11.6. The first-order valence-corrected chi connectivity index (χ1v) is 12.4. The van der Waals surface area contributed by atoms with Crippen molar-refractivity contribution in [1.82, 2.24) is 39.7 Å². The fraction of sp³-hybridized carbons (Fsp3) is 0.154. The number of halogens is 1. The van der Waals surface area contributed by atoms with E-state index in [1.807, 2.05) is 32.9 Å². The Morgan fingerprint density at radius 3 is 2.68 bits per heavy atom. The zero-order valence-corrected chi connectivity index (χ0v) is 20.8. The van der Waals surface area contributed by atoms with Crippen LogP contribution in [0.3, 0.4) is 0 Å². The van der Waals surface area contributed by atoms with E-state index in [1.165, 1.54) is 11.3 Å². The van der Waals surface area contributed by atoms with Gasteiger partial charge < -0.3 is 0 Å². The van der Waals surface area contributed by atoms with Crippen LogP contribution in [0.1, 0.15) is 25.6 Å². The first-order chi connectivity index (χ1) is 17.8. The van der Waals surface area contributed by atoms with Gasteiger partial charge >= 0.3 is 0 Å². The Bertz CT molecular complexity index is 2080. The molecule has 0 unspecified atom stereocenters. The molecular formula is C26H19FN8OS. The summed E-state index contributed by atoms with van der Waals surface area (Å²) in [5.41, 5.74) is 2.69. The summed E-state index contributed by atoms with van der Waals surface area (Å²) in [5, 5.41) is 7.19. The molecule has 0 saturated heterocycles.